The summed E-state index contributed by atoms with van der Waals surface area (Å²) in [5.41, 5.74) is 0.869. The number of rotatable bonds is 5. The first kappa shape index (κ1) is 12.8. The van der Waals surface area contributed by atoms with Gasteiger partial charge in [0.1, 0.15) is 0 Å². The van der Waals surface area contributed by atoms with Crippen LogP contribution in [0, 0.1) is 5.41 Å². The summed E-state index contributed by atoms with van der Waals surface area (Å²) in [7, 11) is 3.93. The van der Waals surface area contributed by atoms with Gasteiger partial charge >= 0.3 is 0 Å². The van der Waals surface area contributed by atoms with E-state index in [4.69, 9.17) is 0 Å². The van der Waals surface area contributed by atoms with E-state index in [1.165, 1.54) is 0 Å². The van der Waals surface area contributed by atoms with Gasteiger partial charge in [0.2, 0.25) is 0 Å². The van der Waals surface area contributed by atoms with Gasteiger partial charge in [0.15, 0.2) is 5.82 Å². The molecule has 4 nitrogen and oxygen atoms in total. The summed E-state index contributed by atoms with van der Waals surface area (Å²) in [5, 5.41) is 12.5. The van der Waals surface area contributed by atoms with Crippen molar-refractivity contribution in [2.45, 2.75) is 13.8 Å². The minimum atomic E-state index is -0.126. The Kier molecular flexibility index (Phi) is 4.12. The Morgan fingerprint density at radius 2 is 2.12 bits per heavy atom. The fourth-order valence-corrected chi connectivity index (χ4v) is 1.28. The molecule has 0 saturated heterocycles. The quantitative estimate of drug-likeness (QED) is 0.795. The van der Waals surface area contributed by atoms with Crippen molar-refractivity contribution in [3.8, 4) is 0 Å². The van der Waals surface area contributed by atoms with Crippen molar-refractivity contribution in [1.82, 2.24) is 4.98 Å². The molecule has 16 heavy (non-hydrogen) atoms. The highest BCUT2D eigenvalue weighted by molar-refractivity contribution is 5.64. The van der Waals surface area contributed by atoms with Crippen LogP contribution < -0.4 is 10.2 Å². The van der Waals surface area contributed by atoms with Crippen LogP contribution >= 0.6 is 0 Å². The van der Waals surface area contributed by atoms with E-state index in [0.717, 1.165) is 18.1 Å². The summed E-state index contributed by atoms with van der Waals surface area (Å²) in [4.78, 5) is 6.27. The normalized spacial score (nSPS) is 11.3. The molecule has 1 heterocycles. The number of hydrogen-bond donors (Lipinski definition) is 2. The molecule has 1 rings (SSSR count). The molecule has 0 bridgehead atoms. The van der Waals surface area contributed by atoms with Gasteiger partial charge < -0.3 is 15.3 Å². The molecule has 0 radical (unpaired) electrons. The molecule has 1 aromatic rings. The summed E-state index contributed by atoms with van der Waals surface area (Å²) in [6, 6.07) is 3.90. The zero-order valence-electron chi connectivity index (χ0n) is 10.5. The fourth-order valence-electron chi connectivity index (χ4n) is 1.28. The molecular weight excluding hydrogens is 202 g/mol. The molecule has 2 N–H and O–H groups in total. The van der Waals surface area contributed by atoms with E-state index >= 15 is 0 Å². The maximum atomic E-state index is 9.18. The van der Waals surface area contributed by atoms with Crippen molar-refractivity contribution < 1.29 is 5.11 Å². The van der Waals surface area contributed by atoms with Crippen LogP contribution in [0.1, 0.15) is 13.8 Å². The standard InChI is InChI=1S/C12H21N3O/c1-12(2,9-16)8-14-10-6-5-7-13-11(10)15(3)4/h5-7,14,16H,8-9H2,1-4H3. The first-order chi connectivity index (χ1) is 7.46. The molecule has 0 spiro atoms. The van der Waals surface area contributed by atoms with Gasteiger partial charge in [-0.25, -0.2) is 4.98 Å². The number of nitrogens with zero attached hydrogens (tertiary/aromatic N) is 2. The first-order valence-corrected chi connectivity index (χ1v) is 5.43. The zero-order valence-corrected chi connectivity index (χ0v) is 10.5. The lowest BCUT2D eigenvalue weighted by Crippen LogP contribution is -2.27. The minimum Gasteiger partial charge on any atom is -0.396 e. The number of anilines is 2. The van der Waals surface area contributed by atoms with Crippen LogP contribution in [0.15, 0.2) is 18.3 Å². The Hall–Kier alpha value is -1.29. The van der Waals surface area contributed by atoms with Gasteiger partial charge in [-0.2, -0.15) is 0 Å². The first-order valence-electron chi connectivity index (χ1n) is 5.43. The van der Waals surface area contributed by atoms with Crippen molar-refractivity contribution in [1.29, 1.82) is 0 Å². The van der Waals surface area contributed by atoms with E-state index in [1.807, 2.05) is 45.0 Å². The molecule has 0 atom stereocenters. The van der Waals surface area contributed by atoms with Gasteiger partial charge in [-0.3, -0.25) is 0 Å². The van der Waals surface area contributed by atoms with Gasteiger partial charge in [-0.1, -0.05) is 13.8 Å². The lowest BCUT2D eigenvalue weighted by molar-refractivity contribution is 0.171. The van der Waals surface area contributed by atoms with Crippen LogP contribution in [0.3, 0.4) is 0 Å². The van der Waals surface area contributed by atoms with Crippen molar-refractivity contribution in [2.24, 2.45) is 5.41 Å². The minimum absolute atomic E-state index is 0.126. The van der Waals surface area contributed by atoms with Gasteiger partial charge in [0, 0.05) is 38.9 Å². The van der Waals surface area contributed by atoms with Crippen molar-refractivity contribution in [3.63, 3.8) is 0 Å². The van der Waals surface area contributed by atoms with Crippen LogP contribution in [-0.2, 0) is 0 Å². The van der Waals surface area contributed by atoms with Crippen LogP contribution in [0.5, 0.6) is 0 Å². The monoisotopic (exact) mass is 223 g/mol. The molecular formula is C12H21N3O. The van der Waals surface area contributed by atoms with E-state index < -0.39 is 0 Å². The predicted octanol–water partition coefficient (Wildman–Crippen LogP) is 1.58. The van der Waals surface area contributed by atoms with E-state index in [9.17, 15) is 5.11 Å². The summed E-state index contributed by atoms with van der Waals surface area (Å²) < 4.78 is 0. The molecule has 0 aliphatic rings. The highest BCUT2D eigenvalue weighted by Crippen LogP contribution is 2.22. The molecule has 0 amide bonds. The second kappa shape index (κ2) is 5.16. The number of hydrogen-bond acceptors (Lipinski definition) is 4. The summed E-state index contributed by atoms with van der Waals surface area (Å²) >= 11 is 0. The third-order valence-electron chi connectivity index (χ3n) is 2.40. The van der Waals surface area contributed by atoms with E-state index in [0.29, 0.717) is 0 Å². The molecule has 1 aromatic heterocycles. The van der Waals surface area contributed by atoms with Crippen LogP contribution in [0.25, 0.3) is 0 Å². The lowest BCUT2D eigenvalue weighted by Gasteiger charge is -2.24. The molecule has 0 fully saturated rings. The summed E-state index contributed by atoms with van der Waals surface area (Å²) in [6.45, 7) is 4.92. The molecule has 0 unspecified atom stereocenters. The number of pyridine rings is 1. The number of aliphatic hydroxyl groups excluding tert-OH is 1. The van der Waals surface area contributed by atoms with Crippen molar-refractivity contribution in [2.75, 3.05) is 37.5 Å². The molecule has 90 valence electrons. The van der Waals surface area contributed by atoms with E-state index in [2.05, 4.69) is 10.3 Å². The van der Waals surface area contributed by atoms with Crippen LogP contribution in [0.4, 0.5) is 11.5 Å². The molecule has 0 aliphatic carbocycles. The SMILES string of the molecule is CN(C)c1ncccc1NCC(C)(C)CO. The number of nitrogens with one attached hydrogen (secondary N) is 1. The topological polar surface area (TPSA) is 48.4 Å². The Balaban J connectivity index is 2.74. The largest absolute Gasteiger partial charge is 0.396 e. The molecule has 0 aliphatic heterocycles. The average molecular weight is 223 g/mol. The maximum Gasteiger partial charge on any atom is 0.151 e. The van der Waals surface area contributed by atoms with Crippen LogP contribution in [-0.4, -0.2) is 37.3 Å². The highest BCUT2D eigenvalue weighted by atomic mass is 16.3. The summed E-state index contributed by atoms with van der Waals surface area (Å²) in [5.74, 6) is 0.913. The Morgan fingerprint density at radius 1 is 1.44 bits per heavy atom. The van der Waals surface area contributed by atoms with E-state index in [-0.39, 0.29) is 12.0 Å². The average Bonchev–Trinajstić information content (AvgIpc) is 2.27. The Labute approximate surface area is 97.3 Å². The highest BCUT2D eigenvalue weighted by Gasteiger charge is 2.16. The number of aromatic nitrogens is 1. The second-order valence-corrected chi connectivity index (χ2v) is 4.94. The number of aliphatic hydroxyl groups is 1. The van der Waals surface area contributed by atoms with Gasteiger partial charge in [-0.15, -0.1) is 0 Å². The lowest BCUT2D eigenvalue weighted by atomic mass is 9.95. The third kappa shape index (κ3) is 3.38. The fraction of sp³-hybridized carbons (Fsp3) is 0.583. The maximum absolute atomic E-state index is 9.18. The molecule has 0 aromatic carbocycles. The van der Waals surface area contributed by atoms with Gasteiger partial charge in [-0.05, 0) is 12.1 Å². The van der Waals surface area contributed by atoms with Gasteiger partial charge in [0.25, 0.3) is 0 Å². The van der Waals surface area contributed by atoms with E-state index in [1.54, 1.807) is 6.20 Å². The third-order valence-corrected chi connectivity index (χ3v) is 2.40. The summed E-state index contributed by atoms with van der Waals surface area (Å²) in [6.07, 6.45) is 1.78. The Bertz CT molecular complexity index is 337. The van der Waals surface area contributed by atoms with Crippen molar-refractivity contribution in [3.05, 3.63) is 18.3 Å². The van der Waals surface area contributed by atoms with Crippen LogP contribution in [0.2, 0.25) is 0 Å². The molecule has 4 heteroatoms. The molecule has 0 saturated carbocycles. The Morgan fingerprint density at radius 3 is 2.69 bits per heavy atom. The zero-order chi connectivity index (χ0) is 12.2. The predicted molar refractivity (Wildman–Crippen MR) is 67.9 cm³/mol. The smallest absolute Gasteiger partial charge is 0.151 e. The van der Waals surface area contributed by atoms with Crippen molar-refractivity contribution >= 4 is 11.5 Å². The second-order valence-electron chi connectivity index (χ2n) is 4.94. The van der Waals surface area contributed by atoms with Gasteiger partial charge in [0.05, 0.1) is 5.69 Å².